The minimum Gasteiger partial charge on any atom is -0.388 e. The van der Waals surface area contributed by atoms with Gasteiger partial charge in [0.25, 0.3) is 0 Å². The molecule has 1 atom stereocenters. The lowest BCUT2D eigenvalue weighted by molar-refractivity contribution is 0.136. The first-order valence-corrected chi connectivity index (χ1v) is 5.53. The Morgan fingerprint density at radius 1 is 1.33 bits per heavy atom. The Morgan fingerprint density at radius 3 is 2.47 bits per heavy atom. The predicted octanol–water partition coefficient (Wildman–Crippen LogP) is 3.45. The summed E-state index contributed by atoms with van der Waals surface area (Å²) in [4.78, 5) is 0. The zero-order valence-corrected chi connectivity index (χ0v) is 10.1. The number of aliphatic hydroxyl groups is 1. The second-order valence-electron chi connectivity index (χ2n) is 3.29. The van der Waals surface area contributed by atoms with Crippen molar-refractivity contribution in [2.75, 3.05) is 13.7 Å². The monoisotopic (exact) mass is 248 g/mol. The Hall–Kier alpha value is -0.280. The van der Waals surface area contributed by atoms with Crippen molar-refractivity contribution in [3.05, 3.63) is 33.8 Å². The summed E-state index contributed by atoms with van der Waals surface area (Å²) in [5.41, 5.74) is 0.608. The molecule has 4 heteroatoms. The van der Waals surface area contributed by atoms with Gasteiger partial charge in [-0.15, -0.1) is 0 Å². The normalized spacial score (nSPS) is 12.8. The molecule has 0 radical (unpaired) electrons. The molecule has 1 aromatic rings. The summed E-state index contributed by atoms with van der Waals surface area (Å²) in [6.07, 6.45) is 0.748. The van der Waals surface area contributed by atoms with E-state index in [1.807, 2.05) is 0 Å². The average molecular weight is 249 g/mol. The standard InChI is InChI=1S/C11H14Cl2O2/c1-15-7-3-6-10(14)11-8(12)4-2-5-9(11)13/h2,4-5,10,14H,3,6-7H2,1H3. The molecule has 1 N–H and O–H groups in total. The summed E-state index contributed by atoms with van der Waals surface area (Å²) in [5, 5.41) is 10.9. The van der Waals surface area contributed by atoms with Crippen molar-refractivity contribution >= 4 is 23.2 Å². The smallest absolute Gasteiger partial charge is 0.0819 e. The molecule has 0 spiro atoms. The lowest BCUT2D eigenvalue weighted by atomic mass is 10.1. The average Bonchev–Trinajstić information content (AvgIpc) is 2.18. The molecule has 0 aliphatic rings. The molecule has 84 valence electrons. The van der Waals surface area contributed by atoms with Gasteiger partial charge in [-0.05, 0) is 25.0 Å². The van der Waals surface area contributed by atoms with Crippen molar-refractivity contribution in [2.45, 2.75) is 18.9 Å². The van der Waals surface area contributed by atoms with E-state index in [9.17, 15) is 5.11 Å². The topological polar surface area (TPSA) is 29.5 Å². The van der Waals surface area contributed by atoms with E-state index >= 15 is 0 Å². The predicted molar refractivity (Wildman–Crippen MR) is 62.5 cm³/mol. The highest BCUT2D eigenvalue weighted by Gasteiger charge is 2.14. The minimum atomic E-state index is -0.624. The molecular formula is C11H14Cl2O2. The molecule has 2 nitrogen and oxygen atoms in total. The molecule has 0 aliphatic carbocycles. The van der Waals surface area contributed by atoms with Crippen LogP contribution in [0.5, 0.6) is 0 Å². The van der Waals surface area contributed by atoms with Crippen molar-refractivity contribution in [1.82, 2.24) is 0 Å². The van der Waals surface area contributed by atoms with Crippen LogP contribution >= 0.6 is 23.2 Å². The van der Waals surface area contributed by atoms with Gasteiger partial charge in [0.15, 0.2) is 0 Å². The van der Waals surface area contributed by atoms with Crippen LogP contribution in [0.3, 0.4) is 0 Å². The number of hydrogen-bond acceptors (Lipinski definition) is 2. The zero-order valence-electron chi connectivity index (χ0n) is 8.54. The third kappa shape index (κ3) is 3.65. The Labute approximate surface area is 99.8 Å². The molecule has 0 bridgehead atoms. The Kier molecular flexibility index (Phi) is 5.40. The number of ether oxygens (including phenoxy) is 1. The van der Waals surface area contributed by atoms with Crippen LogP contribution in [0.4, 0.5) is 0 Å². The van der Waals surface area contributed by atoms with E-state index in [4.69, 9.17) is 27.9 Å². The lowest BCUT2D eigenvalue weighted by Crippen LogP contribution is -2.01. The SMILES string of the molecule is COCCCC(O)c1c(Cl)cccc1Cl. The molecule has 0 amide bonds. The molecule has 0 aromatic heterocycles. The molecule has 0 saturated carbocycles. The summed E-state index contributed by atoms with van der Waals surface area (Å²) in [7, 11) is 1.63. The Balaban J connectivity index is 2.68. The van der Waals surface area contributed by atoms with Crippen LogP contribution in [0, 0.1) is 0 Å². The molecule has 1 aromatic carbocycles. The second-order valence-corrected chi connectivity index (χ2v) is 4.10. The Bertz CT molecular complexity index is 295. The van der Waals surface area contributed by atoms with E-state index in [1.165, 1.54) is 0 Å². The van der Waals surface area contributed by atoms with Gasteiger partial charge in [-0.1, -0.05) is 29.3 Å². The van der Waals surface area contributed by atoms with Gasteiger partial charge in [-0.25, -0.2) is 0 Å². The van der Waals surface area contributed by atoms with Crippen LogP contribution in [0.25, 0.3) is 0 Å². The van der Waals surface area contributed by atoms with Crippen LogP contribution in [0.15, 0.2) is 18.2 Å². The molecular weight excluding hydrogens is 235 g/mol. The molecule has 1 unspecified atom stereocenters. The maximum absolute atomic E-state index is 9.88. The van der Waals surface area contributed by atoms with Crippen LogP contribution in [-0.2, 0) is 4.74 Å². The summed E-state index contributed by atoms with van der Waals surface area (Å²) in [5.74, 6) is 0. The van der Waals surface area contributed by atoms with E-state index < -0.39 is 6.10 Å². The van der Waals surface area contributed by atoms with E-state index in [2.05, 4.69) is 0 Å². The summed E-state index contributed by atoms with van der Waals surface area (Å²) in [6.45, 7) is 0.624. The van der Waals surface area contributed by atoms with Crippen molar-refractivity contribution in [3.8, 4) is 0 Å². The molecule has 15 heavy (non-hydrogen) atoms. The highest BCUT2D eigenvalue weighted by Crippen LogP contribution is 2.32. The number of methoxy groups -OCH3 is 1. The van der Waals surface area contributed by atoms with Gasteiger partial charge in [0.2, 0.25) is 0 Å². The van der Waals surface area contributed by atoms with E-state index in [0.29, 0.717) is 28.6 Å². The summed E-state index contributed by atoms with van der Waals surface area (Å²) < 4.78 is 4.91. The fourth-order valence-corrected chi connectivity index (χ4v) is 2.04. The summed E-state index contributed by atoms with van der Waals surface area (Å²) in [6, 6.07) is 5.21. The van der Waals surface area contributed by atoms with Gasteiger partial charge in [0.1, 0.15) is 0 Å². The minimum absolute atomic E-state index is 0.507. The van der Waals surface area contributed by atoms with Crippen molar-refractivity contribution in [2.24, 2.45) is 0 Å². The first kappa shape index (κ1) is 12.8. The third-order valence-corrected chi connectivity index (χ3v) is 2.82. The van der Waals surface area contributed by atoms with Crippen molar-refractivity contribution in [1.29, 1.82) is 0 Å². The van der Waals surface area contributed by atoms with Crippen molar-refractivity contribution in [3.63, 3.8) is 0 Å². The number of benzene rings is 1. The van der Waals surface area contributed by atoms with Crippen LogP contribution in [0.2, 0.25) is 10.0 Å². The fraction of sp³-hybridized carbons (Fsp3) is 0.455. The van der Waals surface area contributed by atoms with Gasteiger partial charge in [0.05, 0.1) is 6.10 Å². The molecule has 0 aliphatic heterocycles. The van der Waals surface area contributed by atoms with Crippen LogP contribution in [-0.4, -0.2) is 18.8 Å². The van der Waals surface area contributed by atoms with Crippen molar-refractivity contribution < 1.29 is 9.84 Å². The Morgan fingerprint density at radius 2 is 1.93 bits per heavy atom. The molecule has 0 heterocycles. The van der Waals surface area contributed by atoms with Crippen LogP contribution in [0.1, 0.15) is 24.5 Å². The molecule has 1 rings (SSSR count). The lowest BCUT2D eigenvalue weighted by Gasteiger charge is -2.13. The first-order chi connectivity index (χ1) is 7.16. The number of rotatable bonds is 5. The van der Waals surface area contributed by atoms with Gasteiger partial charge >= 0.3 is 0 Å². The summed E-state index contributed by atoms with van der Waals surface area (Å²) >= 11 is 11.9. The second kappa shape index (κ2) is 6.33. The third-order valence-electron chi connectivity index (χ3n) is 2.16. The number of aliphatic hydroxyl groups excluding tert-OH is 1. The highest BCUT2D eigenvalue weighted by molar-refractivity contribution is 6.36. The molecule has 0 fully saturated rings. The van der Waals surface area contributed by atoms with Gasteiger partial charge < -0.3 is 9.84 Å². The fourth-order valence-electron chi connectivity index (χ4n) is 1.39. The zero-order chi connectivity index (χ0) is 11.3. The van der Waals surface area contributed by atoms with E-state index in [0.717, 1.165) is 6.42 Å². The van der Waals surface area contributed by atoms with Gasteiger partial charge in [0, 0.05) is 29.3 Å². The quantitative estimate of drug-likeness (QED) is 0.810. The number of halogens is 2. The van der Waals surface area contributed by atoms with E-state index in [-0.39, 0.29) is 0 Å². The van der Waals surface area contributed by atoms with E-state index in [1.54, 1.807) is 25.3 Å². The maximum atomic E-state index is 9.88. The number of hydrogen-bond donors (Lipinski definition) is 1. The largest absolute Gasteiger partial charge is 0.388 e. The van der Waals surface area contributed by atoms with Gasteiger partial charge in [-0.3, -0.25) is 0 Å². The maximum Gasteiger partial charge on any atom is 0.0819 e. The highest BCUT2D eigenvalue weighted by atomic mass is 35.5. The van der Waals surface area contributed by atoms with Crippen LogP contribution < -0.4 is 0 Å². The van der Waals surface area contributed by atoms with Gasteiger partial charge in [-0.2, -0.15) is 0 Å². The first-order valence-electron chi connectivity index (χ1n) is 4.77. The molecule has 0 saturated heterocycles.